The van der Waals surface area contributed by atoms with E-state index in [0.717, 1.165) is 26.1 Å². The van der Waals surface area contributed by atoms with Crippen LogP contribution in [0.1, 0.15) is 24.9 Å². The zero-order valence-corrected chi connectivity index (χ0v) is 12.2. The number of hydrogen-bond acceptors (Lipinski definition) is 3. The molecule has 1 aromatic heterocycles. The van der Waals surface area contributed by atoms with E-state index in [9.17, 15) is 0 Å². The Kier molecular flexibility index (Phi) is 4.05. The lowest BCUT2D eigenvalue weighted by atomic mass is 10.0. The van der Waals surface area contributed by atoms with Crippen LogP contribution in [0, 0.1) is 0 Å². The van der Waals surface area contributed by atoms with Crippen LogP contribution >= 0.6 is 0 Å². The van der Waals surface area contributed by atoms with Gasteiger partial charge in [-0.3, -0.25) is 4.90 Å². The molecule has 108 valence electrons. The van der Waals surface area contributed by atoms with E-state index in [0.29, 0.717) is 0 Å². The normalized spacial score (nSPS) is 23.6. The number of fused-ring (bicyclic) bond motifs is 1. The average molecular weight is 273 g/mol. The van der Waals surface area contributed by atoms with Crippen molar-refractivity contribution in [2.45, 2.75) is 25.6 Å². The topological polar surface area (TPSA) is 40.3 Å². The van der Waals surface area contributed by atoms with E-state index in [2.05, 4.69) is 59.6 Å². The number of likely N-dealkylation sites (N-methyl/N-ethyl adjacent to an activating group) is 1. The van der Waals surface area contributed by atoms with E-state index in [-0.39, 0.29) is 12.3 Å². The molecule has 2 N–H and O–H groups in total. The lowest BCUT2D eigenvalue weighted by Gasteiger charge is -2.38. The SMILES string of the molecule is CCCN(C)C1OCCNC1c1c[nH]c2ccccc12. The molecule has 0 saturated carbocycles. The van der Waals surface area contributed by atoms with E-state index >= 15 is 0 Å². The number of para-hydroxylation sites is 1. The molecule has 1 saturated heterocycles. The molecule has 3 rings (SSSR count). The zero-order valence-electron chi connectivity index (χ0n) is 12.2. The van der Waals surface area contributed by atoms with Gasteiger partial charge in [0.05, 0.1) is 12.6 Å². The van der Waals surface area contributed by atoms with Crippen molar-refractivity contribution in [1.82, 2.24) is 15.2 Å². The van der Waals surface area contributed by atoms with Gasteiger partial charge in [0, 0.05) is 30.2 Å². The fourth-order valence-corrected chi connectivity index (χ4v) is 3.07. The predicted molar refractivity (Wildman–Crippen MR) is 81.7 cm³/mol. The summed E-state index contributed by atoms with van der Waals surface area (Å²) in [6.07, 6.45) is 3.35. The first kappa shape index (κ1) is 13.6. The first-order chi connectivity index (χ1) is 9.81. The third-order valence-electron chi connectivity index (χ3n) is 4.01. The number of ether oxygens (including phenoxy) is 1. The number of morpholine rings is 1. The van der Waals surface area contributed by atoms with Crippen molar-refractivity contribution in [3.8, 4) is 0 Å². The summed E-state index contributed by atoms with van der Waals surface area (Å²) in [5.41, 5.74) is 2.49. The average Bonchev–Trinajstić information content (AvgIpc) is 2.91. The summed E-state index contributed by atoms with van der Waals surface area (Å²) >= 11 is 0. The fraction of sp³-hybridized carbons (Fsp3) is 0.500. The van der Waals surface area contributed by atoms with E-state index in [1.807, 2.05) is 0 Å². The van der Waals surface area contributed by atoms with Gasteiger partial charge >= 0.3 is 0 Å². The second kappa shape index (κ2) is 5.95. The van der Waals surface area contributed by atoms with Crippen molar-refractivity contribution in [2.24, 2.45) is 0 Å². The number of hydrogen-bond donors (Lipinski definition) is 2. The van der Waals surface area contributed by atoms with Crippen LogP contribution in [0.4, 0.5) is 0 Å². The van der Waals surface area contributed by atoms with Crippen molar-refractivity contribution in [2.75, 3.05) is 26.7 Å². The predicted octanol–water partition coefficient (Wildman–Crippen LogP) is 2.50. The van der Waals surface area contributed by atoms with E-state index in [1.54, 1.807) is 0 Å². The van der Waals surface area contributed by atoms with Crippen LogP contribution in [0.5, 0.6) is 0 Å². The summed E-state index contributed by atoms with van der Waals surface area (Å²) in [7, 11) is 2.14. The van der Waals surface area contributed by atoms with Gasteiger partial charge in [0.1, 0.15) is 6.23 Å². The third kappa shape index (κ3) is 2.46. The van der Waals surface area contributed by atoms with Gasteiger partial charge < -0.3 is 15.0 Å². The molecule has 1 aliphatic rings. The highest BCUT2D eigenvalue weighted by Gasteiger charge is 2.31. The smallest absolute Gasteiger partial charge is 0.130 e. The number of nitrogens with zero attached hydrogens (tertiary/aromatic N) is 1. The van der Waals surface area contributed by atoms with Crippen LogP contribution in [0.3, 0.4) is 0 Å². The van der Waals surface area contributed by atoms with Crippen molar-refractivity contribution in [3.63, 3.8) is 0 Å². The number of aromatic nitrogens is 1. The zero-order chi connectivity index (χ0) is 13.9. The Morgan fingerprint density at radius 1 is 1.35 bits per heavy atom. The highest BCUT2D eigenvalue weighted by Crippen LogP contribution is 2.30. The Morgan fingerprint density at radius 3 is 3.05 bits per heavy atom. The summed E-state index contributed by atoms with van der Waals surface area (Å²) in [6.45, 7) is 4.93. The molecular formula is C16H23N3O. The highest BCUT2D eigenvalue weighted by atomic mass is 16.5. The first-order valence-electron chi connectivity index (χ1n) is 7.42. The molecule has 2 heterocycles. The Hall–Kier alpha value is -1.36. The van der Waals surface area contributed by atoms with Crippen molar-refractivity contribution in [1.29, 1.82) is 0 Å². The molecule has 4 nitrogen and oxygen atoms in total. The first-order valence-corrected chi connectivity index (χ1v) is 7.42. The highest BCUT2D eigenvalue weighted by molar-refractivity contribution is 5.83. The van der Waals surface area contributed by atoms with Gasteiger partial charge in [0.25, 0.3) is 0 Å². The maximum atomic E-state index is 6.03. The van der Waals surface area contributed by atoms with Crippen LogP contribution in [0.2, 0.25) is 0 Å². The molecule has 0 aliphatic carbocycles. The molecule has 1 fully saturated rings. The summed E-state index contributed by atoms with van der Waals surface area (Å²) in [4.78, 5) is 5.67. The minimum absolute atomic E-state index is 0.0999. The molecule has 1 aliphatic heterocycles. The maximum Gasteiger partial charge on any atom is 0.130 e. The quantitative estimate of drug-likeness (QED) is 0.899. The van der Waals surface area contributed by atoms with Gasteiger partial charge in [0.2, 0.25) is 0 Å². The van der Waals surface area contributed by atoms with Crippen LogP contribution in [0.15, 0.2) is 30.5 Å². The Balaban J connectivity index is 1.93. The minimum atomic E-state index is 0.0999. The van der Waals surface area contributed by atoms with Crippen LogP contribution < -0.4 is 5.32 Å². The maximum absolute atomic E-state index is 6.03. The molecular weight excluding hydrogens is 250 g/mol. The van der Waals surface area contributed by atoms with Gasteiger partial charge in [-0.1, -0.05) is 25.1 Å². The number of nitrogens with one attached hydrogen (secondary N) is 2. The largest absolute Gasteiger partial charge is 0.361 e. The van der Waals surface area contributed by atoms with E-state index < -0.39 is 0 Å². The molecule has 2 aromatic rings. The lowest BCUT2D eigenvalue weighted by Crippen LogP contribution is -2.50. The molecule has 2 atom stereocenters. The Morgan fingerprint density at radius 2 is 2.20 bits per heavy atom. The van der Waals surface area contributed by atoms with Crippen molar-refractivity contribution in [3.05, 3.63) is 36.0 Å². The van der Waals surface area contributed by atoms with Crippen LogP contribution in [0.25, 0.3) is 10.9 Å². The molecule has 1 aromatic carbocycles. The monoisotopic (exact) mass is 273 g/mol. The van der Waals surface area contributed by atoms with Gasteiger partial charge in [-0.2, -0.15) is 0 Å². The van der Waals surface area contributed by atoms with Crippen molar-refractivity contribution >= 4 is 10.9 Å². The summed E-state index contributed by atoms with van der Waals surface area (Å²) in [5, 5.41) is 4.90. The summed E-state index contributed by atoms with van der Waals surface area (Å²) in [6, 6.07) is 8.67. The molecule has 0 radical (unpaired) electrons. The number of benzene rings is 1. The Labute approximate surface area is 120 Å². The van der Waals surface area contributed by atoms with Gasteiger partial charge in [-0.05, 0) is 25.1 Å². The van der Waals surface area contributed by atoms with Gasteiger partial charge in [-0.25, -0.2) is 0 Å². The van der Waals surface area contributed by atoms with Gasteiger partial charge in [0.15, 0.2) is 0 Å². The van der Waals surface area contributed by atoms with E-state index in [1.165, 1.54) is 16.5 Å². The lowest BCUT2D eigenvalue weighted by molar-refractivity contribution is -0.0925. The molecule has 0 spiro atoms. The second-order valence-electron chi connectivity index (χ2n) is 5.46. The number of H-pyrrole nitrogens is 1. The summed E-state index contributed by atoms with van der Waals surface area (Å²) in [5.74, 6) is 0. The third-order valence-corrected chi connectivity index (χ3v) is 4.01. The molecule has 2 unspecified atom stereocenters. The molecule has 4 heteroatoms. The summed E-state index contributed by atoms with van der Waals surface area (Å²) < 4.78 is 6.03. The Bertz CT molecular complexity index is 566. The fourth-order valence-electron chi connectivity index (χ4n) is 3.07. The minimum Gasteiger partial charge on any atom is -0.361 e. The molecule has 0 amide bonds. The van der Waals surface area contributed by atoms with E-state index in [4.69, 9.17) is 4.74 Å². The molecule has 0 bridgehead atoms. The molecule has 20 heavy (non-hydrogen) atoms. The number of aromatic amines is 1. The van der Waals surface area contributed by atoms with Crippen LogP contribution in [-0.4, -0.2) is 42.9 Å². The van der Waals surface area contributed by atoms with Crippen LogP contribution in [-0.2, 0) is 4.74 Å². The van der Waals surface area contributed by atoms with Crippen molar-refractivity contribution < 1.29 is 4.74 Å². The standard InChI is InChI=1S/C16H23N3O/c1-3-9-19(2)16-15(17-8-10-20-16)13-11-18-14-7-5-4-6-12(13)14/h4-7,11,15-18H,3,8-10H2,1-2H3. The number of rotatable bonds is 4. The van der Waals surface area contributed by atoms with Gasteiger partial charge in [-0.15, -0.1) is 0 Å². The second-order valence-corrected chi connectivity index (χ2v) is 5.46.